The Morgan fingerprint density at radius 1 is 1.20 bits per heavy atom. The minimum Gasteiger partial charge on any atom is -0.406 e. The van der Waals surface area contributed by atoms with Crippen molar-refractivity contribution in [1.29, 1.82) is 0 Å². The molecule has 0 spiro atoms. The van der Waals surface area contributed by atoms with Crippen LogP contribution in [0.2, 0.25) is 0 Å². The van der Waals surface area contributed by atoms with E-state index in [2.05, 4.69) is 47.9 Å². The second-order valence-corrected chi connectivity index (χ2v) is 10.1. The zero-order valence-electron chi connectivity index (χ0n) is 19.0. The van der Waals surface area contributed by atoms with E-state index in [1.54, 1.807) is 0 Å². The van der Waals surface area contributed by atoms with Crippen LogP contribution in [0.1, 0.15) is 65.0 Å². The van der Waals surface area contributed by atoms with Crippen LogP contribution in [0.5, 0.6) is 0 Å². The maximum Gasteiger partial charge on any atom is 0.597 e. The predicted octanol–water partition coefficient (Wildman–Crippen LogP) is 4.47. The van der Waals surface area contributed by atoms with Crippen LogP contribution >= 0.6 is 0 Å². The Kier molecular flexibility index (Phi) is 5.71. The normalized spacial score (nSPS) is 22.0. The molecule has 30 heavy (non-hydrogen) atoms. The van der Waals surface area contributed by atoms with Crippen LogP contribution in [0.4, 0.5) is 4.79 Å². The van der Waals surface area contributed by atoms with E-state index in [-0.39, 0.29) is 6.09 Å². The van der Waals surface area contributed by atoms with E-state index >= 15 is 0 Å². The molecule has 0 bridgehead atoms. The third-order valence-electron chi connectivity index (χ3n) is 6.23. The molecule has 6 nitrogen and oxygen atoms in total. The van der Waals surface area contributed by atoms with Crippen LogP contribution in [0.3, 0.4) is 0 Å². The van der Waals surface area contributed by atoms with Crippen molar-refractivity contribution in [2.24, 2.45) is 5.92 Å². The number of ether oxygens (including phenoxy) is 1. The zero-order chi connectivity index (χ0) is 21.5. The second-order valence-electron chi connectivity index (χ2n) is 10.1. The van der Waals surface area contributed by atoms with Crippen LogP contribution in [0.15, 0.2) is 24.4 Å². The number of hydrogen-bond acceptors (Lipinski definition) is 4. The van der Waals surface area contributed by atoms with Crippen molar-refractivity contribution in [2.75, 3.05) is 26.7 Å². The quantitative estimate of drug-likeness (QED) is 0.684. The number of carbonyl (C=O) groups excluding carboxylic acids is 1. The molecule has 162 valence electrons. The highest BCUT2D eigenvalue weighted by Gasteiger charge is 2.35. The van der Waals surface area contributed by atoms with E-state index in [0.717, 1.165) is 61.0 Å². The fourth-order valence-corrected chi connectivity index (χ4v) is 4.49. The van der Waals surface area contributed by atoms with Gasteiger partial charge in [0, 0.05) is 29.5 Å². The molecule has 1 aromatic carbocycles. The summed E-state index contributed by atoms with van der Waals surface area (Å²) in [6.07, 6.45) is 6.16. The van der Waals surface area contributed by atoms with Gasteiger partial charge in [0.15, 0.2) is 12.3 Å². The summed E-state index contributed by atoms with van der Waals surface area (Å²) in [6.45, 7) is 10.9. The van der Waals surface area contributed by atoms with Gasteiger partial charge in [-0.3, -0.25) is 4.68 Å². The topological polar surface area (TPSA) is 50.4 Å². The highest BCUT2D eigenvalue weighted by Crippen LogP contribution is 2.26. The fraction of sp³-hybridized carbons (Fsp3) is 0.625. The Morgan fingerprint density at radius 2 is 1.93 bits per heavy atom. The summed E-state index contributed by atoms with van der Waals surface area (Å²) >= 11 is 0. The molecule has 0 saturated carbocycles. The monoisotopic (exact) mass is 411 g/mol. The predicted molar refractivity (Wildman–Crippen MR) is 119 cm³/mol. The van der Waals surface area contributed by atoms with Crippen molar-refractivity contribution in [3.63, 3.8) is 0 Å². The lowest BCUT2D eigenvalue weighted by Crippen LogP contribution is -2.39. The van der Waals surface area contributed by atoms with Gasteiger partial charge >= 0.3 is 6.09 Å². The molecule has 0 radical (unpaired) electrons. The number of piperidine rings is 1. The minimum absolute atomic E-state index is 0.249. The van der Waals surface area contributed by atoms with Gasteiger partial charge in [0.05, 0.1) is 11.6 Å². The van der Waals surface area contributed by atoms with E-state index in [4.69, 9.17) is 9.84 Å². The first-order valence-electron chi connectivity index (χ1n) is 11.2. The number of rotatable bonds is 2. The lowest BCUT2D eigenvalue weighted by molar-refractivity contribution is -0.463. The lowest BCUT2D eigenvalue weighted by Gasteiger charge is -2.28. The standard InChI is InChI=1S/C24H35N4O2/c1-17-6-9-22(27(15-17)23(29)30-24(2,3)4)18-7-8-19-16-28(25-21(19)14-18)20-10-12-26(5)13-11-20/h7-8,14,16-17,20H,6,9-13,15H2,1-5H3/q+1/t17-/m0/s1. The largest absolute Gasteiger partial charge is 0.597 e. The Bertz CT molecular complexity index is 961. The third-order valence-corrected chi connectivity index (χ3v) is 6.23. The molecular weight excluding hydrogens is 376 g/mol. The first-order chi connectivity index (χ1) is 14.2. The van der Waals surface area contributed by atoms with Gasteiger partial charge in [0.2, 0.25) is 0 Å². The van der Waals surface area contributed by atoms with E-state index in [9.17, 15) is 4.79 Å². The Hall–Kier alpha value is -2.21. The number of benzene rings is 1. The number of amides is 1. The summed E-state index contributed by atoms with van der Waals surface area (Å²) in [5.74, 6) is 0.466. The third kappa shape index (κ3) is 4.59. The van der Waals surface area contributed by atoms with Crippen molar-refractivity contribution in [2.45, 2.75) is 65.0 Å². The van der Waals surface area contributed by atoms with E-state index in [1.165, 1.54) is 0 Å². The molecule has 0 N–H and O–H groups in total. The van der Waals surface area contributed by atoms with Gasteiger partial charge < -0.3 is 9.64 Å². The number of nitrogens with zero attached hydrogens (tertiary/aromatic N) is 4. The molecular formula is C24H35N4O2+. The number of fused-ring (bicyclic) bond motifs is 1. The van der Waals surface area contributed by atoms with E-state index in [0.29, 0.717) is 18.5 Å². The Morgan fingerprint density at radius 3 is 2.63 bits per heavy atom. The molecule has 4 rings (SSSR count). The molecule has 2 aliphatic heterocycles. The summed E-state index contributed by atoms with van der Waals surface area (Å²) in [5, 5.41) is 6.07. The van der Waals surface area contributed by atoms with Gasteiger partial charge in [0.25, 0.3) is 0 Å². The van der Waals surface area contributed by atoms with Crippen LogP contribution in [-0.2, 0) is 4.74 Å². The molecule has 1 saturated heterocycles. The maximum absolute atomic E-state index is 12.9. The van der Waals surface area contributed by atoms with Crippen molar-refractivity contribution >= 4 is 22.7 Å². The maximum atomic E-state index is 12.9. The van der Waals surface area contributed by atoms with Crippen molar-refractivity contribution in [1.82, 2.24) is 14.7 Å². The first-order valence-corrected chi connectivity index (χ1v) is 11.2. The molecule has 1 aromatic heterocycles. The number of hydrogen-bond donors (Lipinski definition) is 0. The molecule has 6 heteroatoms. The van der Waals surface area contributed by atoms with Gasteiger partial charge in [-0.1, -0.05) is 13.0 Å². The number of likely N-dealkylation sites (tertiary alicyclic amines) is 1. The highest BCUT2D eigenvalue weighted by atomic mass is 16.6. The molecule has 1 atom stereocenters. The summed E-state index contributed by atoms with van der Waals surface area (Å²) < 4.78 is 9.69. The second kappa shape index (κ2) is 8.14. The smallest absolute Gasteiger partial charge is 0.406 e. The van der Waals surface area contributed by atoms with Crippen molar-refractivity contribution in [3.05, 3.63) is 30.0 Å². The zero-order valence-corrected chi connectivity index (χ0v) is 19.0. The highest BCUT2D eigenvalue weighted by molar-refractivity contribution is 6.01. The molecule has 0 unspecified atom stereocenters. The molecule has 1 amide bonds. The first kappa shape index (κ1) is 21.0. The van der Waals surface area contributed by atoms with Crippen molar-refractivity contribution in [3.8, 4) is 0 Å². The summed E-state index contributed by atoms with van der Waals surface area (Å²) in [5.41, 5.74) is 2.63. The molecule has 2 aliphatic rings. The SMILES string of the molecule is C[C@H]1CCC(c2ccc3cn(C4CCN(C)CC4)nc3c2)=[N+](C(=O)OC(C)(C)C)C1. The van der Waals surface area contributed by atoms with Gasteiger partial charge in [-0.15, -0.1) is 4.58 Å². The average molecular weight is 412 g/mol. The average Bonchev–Trinajstić information content (AvgIpc) is 3.10. The van der Waals surface area contributed by atoms with Crippen LogP contribution in [0.25, 0.3) is 10.9 Å². The van der Waals surface area contributed by atoms with Gasteiger partial charge in [0.1, 0.15) is 5.60 Å². The van der Waals surface area contributed by atoms with E-state index in [1.807, 2.05) is 25.3 Å². The minimum atomic E-state index is -0.500. The molecule has 0 aliphatic carbocycles. The molecule has 3 heterocycles. The number of carbonyl (C=O) groups is 1. The van der Waals surface area contributed by atoms with Crippen LogP contribution in [-0.4, -0.2) is 63.3 Å². The lowest BCUT2D eigenvalue weighted by atomic mass is 9.94. The molecule has 1 fully saturated rings. The van der Waals surface area contributed by atoms with Gasteiger partial charge in [-0.2, -0.15) is 9.89 Å². The van der Waals surface area contributed by atoms with Gasteiger partial charge in [-0.25, -0.2) is 0 Å². The van der Waals surface area contributed by atoms with Crippen LogP contribution < -0.4 is 0 Å². The van der Waals surface area contributed by atoms with E-state index < -0.39 is 5.60 Å². The summed E-state index contributed by atoms with van der Waals surface area (Å²) in [4.78, 5) is 15.3. The van der Waals surface area contributed by atoms with Crippen LogP contribution in [0, 0.1) is 5.92 Å². The number of aromatic nitrogens is 2. The van der Waals surface area contributed by atoms with Gasteiger partial charge in [-0.05, 0) is 72.3 Å². The molecule has 2 aromatic rings. The Labute approximate surface area is 179 Å². The van der Waals surface area contributed by atoms with Crippen molar-refractivity contribution < 1.29 is 14.1 Å². The fourth-order valence-electron chi connectivity index (χ4n) is 4.49. The summed E-state index contributed by atoms with van der Waals surface area (Å²) in [7, 11) is 2.18. The summed E-state index contributed by atoms with van der Waals surface area (Å²) in [6, 6.07) is 6.88. The Balaban J connectivity index is 1.66.